The summed E-state index contributed by atoms with van der Waals surface area (Å²) in [5.74, 6) is 0.644. The summed E-state index contributed by atoms with van der Waals surface area (Å²) in [6, 6.07) is 4.96. The molecule has 2 N–H and O–H groups in total. The Morgan fingerprint density at radius 2 is 2.13 bits per heavy atom. The van der Waals surface area contributed by atoms with Crippen molar-refractivity contribution in [3.05, 3.63) is 24.4 Å². The van der Waals surface area contributed by atoms with E-state index in [9.17, 15) is 4.79 Å². The highest BCUT2D eigenvalue weighted by molar-refractivity contribution is 5.95. The summed E-state index contributed by atoms with van der Waals surface area (Å²) in [4.78, 5) is 17.4. The van der Waals surface area contributed by atoms with Gasteiger partial charge in [0, 0.05) is 13.2 Å². The van der Waals surface area contributed by atoms with Crippen molar-refractivity contribution in [3.8, 4) is 0 Å². The average Bonchev–Trinajstić information content (AvgIpc) is 2.27. The quantitative estimate of drug-likeness (QED) is 0.805. The van der Waals surface area contributed by atoms with E-state index in [4.69, 9.17) is 5.73 Å². The van der Waals surface area contributed by atoms with Crippen LogP contribution in [0.2, 0.25) is 0 Å². The normalized spacial score (nSPS) is 12.6. The van der Waals surface area contributed by atoms with Gasteiger partial charge in [-0.25, -0.2) is 4.98 Å². The Kier molecular flexibility index (Phi) is 3.80. The third kappa shape index (κ3) is 2.76. The van der Waals surface area contributed by atoms with E-state index in [-0.39, 0.29) is 11.8 Å². The molecule has 15 heavy (non-hydrogen) atoms. The smallest absolute Gasteiger partial charge is 0.245 e. The number of rotatable bonds is 3. The van der Waals surface area contributed by atoms with Crippen LogP contribution in [-0.4, -0.2) is 24.0 Å². The molecule has 4 heteroatoms. The zero-order valence-corrected chi connectivity index (χ0v) is 9.34. The number of aromatic nitrogens is 1. The number of nitrogens with zero attached hydrogens (tertiary/aromatic N) is 2. The monoisotopic (exact) mass is 207 g/mol. The molecule has 4 nitrogen and oxygen atoms in total. The third-order valence-electron chi connectivity index (χ3n) is 2.33. The maximum absolute atomic E-state index is 11.8. The number of carbonyl (C=O) groups is 1. The van der Waals surface area contributed by atoms with Gasteiger partial charge >= 0.3 is 0 Å². The Labute approximate surface area is 90.1 Å². The molecule has 0 unspecified atom stereocenters. The van der Waals surface area contributed by atoms with E-state index in [1.54, 1.807) is 19.3 Å². The van der Waals surface area contributed by atoms with Crippen LogP contribution in [0.5, 0.6) is 0 Å². The van der Waals surface area contributed by atoms with Crippen molar-refractivity contribution < 1.29 is 4.79 Å². The first kappa shape index (κ1) is 11.7. The average molecular weight is 207 g/mol. The summed E-state index contributed by atoms with van der Waals surface area (Å²) in [5.41, 5.74) is 5.78. The predicted molar refractivity (Wildman–Crippen MR) is 60.5 cm³/mol. The number of carbonyl (C=O) groups excluding carboxylic acids is 1. The molecular formula is C11H17N3O. The summed E-state index contributed by atoms with van der Waals surface area (Å²) in [7, 11) is 1.69. The number of anilines is 1. The van der Waals surface area contributed by atoms with Gasteiger partial charge in [-0.3, -0.25) is 9.69 Å². The Hall–Kier alpha value is -1.42. The standard InChI is InChI=1S/C11H17N3O/c1-8(2)10(12)11(15)14(3)9-6-4-5-7-13-9/h4-8,10H,12H2,1-3H3/t10-/m0/s1. The van der Waals surface area contributed by atoms with Crippen molar-refractivity contribution in [3.63, 3.8) is 0 Å². The van der Waals surface area contributed by atoms with Crippen LogP contribution >= 0.6 is 0 Å². The molecule has 0 fully saturated rings. The van der Waals surface area contributed by atoms with Crippen LogP contribution in [0.1, 0.15) is 13.8 Å². The molecule has 0 aliphatic heterocycles. The van der Waals surface area contributed by atoms with E-state index in [1.165, 1.54) is 4.90 Å². The lowest BCUT2D eigenvalue weighted by Gasteiger charge is -2.22. The van der Waals surface area contributed by atoms with E-state index in [2.05, 4.69) is 4.98 Å². The van der Waals surface area contributed by atoms with Crippen molar-refractivity contribution >= 4 is 11.7 Å². The molecule has 1 aromatic heterocycles. The second-order valence-electron chi connectivity index (χ2n) is 3.85. The molecule has 0 aromatic carbocycles. The first-order valence-electron chi connectivity index (χ1n) is 4.98. The van der Waals surface area contributed by atoms with Crippen LogP contribution in [0.4, 0.5) is 5.82 Å². The van der Waals surface area contributed by atoms with Gasteiger partial charge in [0.25, 0.3) is 0 Å². The fourth-order valence-corrected chi connectivity index (χ4v) is 1.17. The largest absolute Gasteiger partial charge is 0.320 e. The minimum atomic E-state index is -0.475. The Morgan fingerprint density at radius 3 is 2.60 bits per heavy atom. The zero-order chi connectivity index (χ0) is 11.4. The van der Waals surface area contributed by atoms with E-state index in [0.29, 0.717) is 5.82 Å². The third-order valence-corrected chi connectivity index (χ3v) is 2.33. The highest BCUT2D eigenvalue weighted by Gasteiger charge is 2.22. The van der Waals surface area contributed by atoms with E-state index >= 15 is 0 Å². The van der Waals surface area contributed by atoms with Gasteiger partial charge in [-0.1, -0.05) is 19.9 Å². The Balaban J connectivity index is 2.78. The number of nitrogens with two attached hydrogens (primary N) is 1. The maximum atomic E-state index is 11.8. The second-order valence-corrected chi connectivity index (χ2v) is 3.85. The highest BCUT2D eigenvalue weighted by atomic mass is 16.2. The maximum Gasteiger partial charge on any atom is 0.245 e. The van der Waals surface area contributed by atoms with Crippen molar-refractivity contribution in [1.29, 1.82) is 0 Å². The van der Waals surface area contributed by atoms with Crippen LogP contribution in [0.15, 0.2) is 24.4 Å². The molecule has 1 aromatic rings. The van der Waals surface area contributed by atoms with E-state index in [0.717, 1.165) is 0 Å². The second kappa shape index (κ2) is 4.89. The van der Waals surface area contributed by atoms with Crippen molar-refractivity contribution in [1.82, 2.24) is 4.98 Å². The summed E-state index contributed by atoms with van der Waals surface area (Å²) in [5, 5.41) is 0. The molecular weight excluding hydrogens is 190 g/mol. The molecule has 0 aliphatic rings. The van der Waals surface area contributed by atoms with E-state index < -0.39 is 6.04 Å². The van der Waals surface area contributed by atoms with Gasteiger partial charge in [0.2, 0.25) is 5.91 Å². The summed E-state index contributed by atoms with van der Waals surface area (Å²) < 4.78 is 0. The van der Waals surface area contributed by atoms with Gasteiger partial charge in [0.15, 0.2) is 0 Å². The molecule has 1 rings (SSSR count). The molecule has 0 aliphatic carbocycles. The van der Waals surface area contributed by atoms with Gasteiger partial charge in [-0.2, -0.15) is 0 Å². The lowest BCUT2D eigenvalue weighted by Crippen LogP contribution is -2.45. The predicted octanol–water partition coefficient (Wildman–Crippen LogP) is 1.03. The first-order valence-corrected chi connectivity index (χ1v) is 4.98. The Bertz CT molecular complexity index is 324. The van der Waals surface area contributed by atoms with Gasteiger partial charge in [0.1, 0.15) is 5.82 Å². The lowest BCUT2D eigenvalue weighted by molar-refractivity contribution is -0.120. The van der Waals surface area contributed by atoms with Crippen LogP contribution in [0.25, 0.3) is 0 Å². The molecule has 0 bridgehead atoms. The molecule has 0 saturated carbocycles. The van der Waals surface area contributed by atoms with Crippen LogP contribution < -0.4 is 10.6 Å². The summed E-state index contributed by atoms with van der Waals surface area (Å²) in [6.45, 7) is 3.85. The molecule has 0 saturated heterocycles. The van der Waals surface area contributed by atoms with Gasteiger partial charge in [-0.15, -0.1) is 0 Å². The first-order chi connectivity index (χ1) is 7.04. The van der Waals surface area contributed by atoms with Gasteiger partial charge < -0.3 is 5.73 Å². The SMILES string of the molecule is CC(C)[C@H](N)C(=O)N(C)c1ccccn1. The van der Waals surface area contributed by atoms with Crippen molar-refractivity contribution in [2.45, 2.75) is 19.9 Å². The van der Waals surface area contributed by atoms with Gasteiger partial charge in [0.05, 0.1) is 6.04 Å². The summed E-state index contributed by atoms with van der Waals surface area (Å²) >= 11 is 0. The minimum absolute atomic E-state index is 0.108. The lowest BCUT2D eigenvalue weighted by atomic mass is 10.0. The highest BCUT2D eigenvalue weighted by Crippen LogP contribution is 2.10. The number of hydrogen-bond donors (Lipinski definition) is 1. The molecule has 1 atom stereocenters. The van der Waals surface area contributed by atoms with Crippen molar-refractivity contribution in [2.24, 2.45) is 11.7 Å². The summed E-state index contributed by atoms with van der Waals surface area (Å²) in [6.07, 6.45) is 1.65. The zero-order valence-electron chi connectivity index (χ0n) is 9.34. The number of likely N-dealkylation sites (N-methyl/N-ethyl adjacent to an activating group) is 1. The van der Waals surface area contributed by atoms with Crippen LogP contribution in [0.3, 0.4) is 0 Å². The minimum Gasteiger partial charge on any atom is -0.320 e. The Morgan fingerprint density at radius 1 is 1.47 bits per heavy atom. The molecule has 0 spiro atoms. The topological polar surface area (TPSA) is 59.2 Å². The van der Waals surface area contributed by atoms with E-state index in [1.807, 2.05) is 26.0 Å². The number of pyridine rings is 1. The number of amides is 1. The van der Waals surface area contributed by atoms with Crippen LogP contribution in [-0.2, 0) is 4.79 Å². The van der Waals surface area contributed by atoms with Crippen LogP contribution in [0, 0.1) is 5.92 Å². The fourth-order valence-electron chi connectivity index (χ4n) is 1.17. The molecule has 82 valence electrons. The fraction of sp³-hybridized carbons (Fsp3) is 0.455. The molecule has 1 amide bonds. The number of hydrogen-bond acceptors (Lipinski definition) is 3. The molecule has 1 heterocycles. The molecule has 0 radical (unpaired) electrons. The van der Waals surface area contributed by atoms with Crippen molar-refractivity contribution in [2.75, 3.05) is 11.9 Å². The van der Waals surface area contributed by atoms with Gasteiger partial charge in [-0.05, 0) is 18.1 Å².